The van der Waals surface area contributed by atoms with Crippen molar-refractivity contribution in [2.24, 2.45) is 0 Å². The second-order valence-electron chi connectivity index (χ2n) is 17.4. The Morgan fingerprint density at radius 1 is 0.290 bits per heavy atom. The zero-order valence-electron chi connectivity index (χ0n) is 44.7. The van der Waals surface area contributed by atoms with Gasteiger partial charge in [-0.05, 0) is 64.7 Å². The van der Waals surface area contributed by atoms with Crippen molar-refractivity contribution in [1.82, 2.24) is 4.57 Å². The van der Waals surface area contributed by atoms with Crippen LogP contribution < -0.4 is 41.5 Å². The first-order valence-electron chi connectivity index (χ1n) is 26.9. The Bertz CT molecular complexity index is 3840. The van der Waals surface area contributed by atoms with Crippen LogP contribution in [0.15, 0.2) is 297 Å². The SMILES string of the molecule is [2H]c1c([2H])c([2H])c2c(c1[2H])c1c([2H])c([Si](c3ccccc3)(c3ccccc3)c3ccccc3)c([2H])c([2H])c1n2-c1c(-c2ccccc2)cc([Si](c2ccccc2)(c2ccccc2)c2ccccc2)cc1-c1ccccc1. The van der Waals surface area contributed by atoms with Gasteiger partial charge in [-0.15, -0.1) is 0 Å². The Balaban J connectivity index is 1.32. The quantitative estimate of drug-likeness (QED) is 0.0900. The van der Waals surface area contributed by atoms with Crippen LogP contribution in [-0.2, 0) is 0 Å². The molecule has 0 radical (unpaired) electrons. The molecule has 12 rings (SSSR count). The molecule has 12 aromatic rings. The van der Waals surface area contributed by atoms with Crippen LogP contribution in [0, 0.1) is 0 Å². The lowest BCUT2D eigenvalue weighted by Gasteiger charge is -2.36. The molecular formula is C66H49NSi2. The minimum atomic E-state index is -3.69. The molecule has 0 atom stereocenters. The molecule has 0 saturated carbocycles. The monoisotopic (exact) mass is 918 g/mol. The Hall–Kier alpha value is -8.35. The first kappa shape index (κ1) is 34.9. The summed E-state index contributed by atoms with van der Waals surface area (Å²) in [4.78, 5) is 0. The van der Waals surface area contributed by atoms with E-state index in [1.54, 1.807) is 0 Å². The molecule has 0 N–H and O–H groups in total. The lowest BCUT2D eigenvalue weighted by atomic mass is 9.95. The van der Waals surface area contributed by atoms with E-state index in [1.807, 2.05) is 114 Å². The molecule has 0 saturated heterocycles. The van der Waals surface area contributed by atoms with E-state index in [9.17, 15) is 9.60 Å². The van der Waals surface area contributed by atoms with Crippen LogP contribution in [0.5, 0.6) is 0 Å². The standard InChI is InChI=1S/C66H49NSi2/c1-9-27-50(28-10-1)61-48-59(69(55-37-19-6-20-38-55,56-39-21-7-22-40-56)57-41-23-8-24-42-57)49-62(51-29-11-2-12-30-51)66(61)67-64-44-26-25-43-60(64)63-47-58(45-46-65(63)67)68(52-31-13-3-14-32-52,53-33-15-4-16-34-53)54-35-17-5-18-36-54/h1-49H/i25D,26D,43D,44D,45D,46D,47D. The van der Waals surface area contributed by atoms with Gasteiger partial charge >= 0.3 is 0 Å². The van der Waals surface area contributed by atoms with Gasteiger partial charge in [-0.25, -0.2) is 0 Å². The number of nitrogens with zero attached hydrogens (tertiary/aromatic N) is 1. The number of aromatic nitrogens is 1. The van der Waals surface area contributed by atoms with Gasteiger partial charge in [0.15, 0.2) is 16.1 Å². The summed E-state index contributed by atoms with van der Waals surface area (Å²) in [5.74, 6) is 0. The maximum atomic E-state index is 10.8. The molecule has 326 valence electrons. The second kappa shape index (κ2) is 18.0. The van der Waals surface area contributed by atoms with Crippen LogP contribution in [0.25, 0.3) is 49.7 Å². The summed E-state index contributed by atoms with van der Waals surface area (Å²) < 4.78 is 72.3. The molecule has 0 amide bonds. The molecule has 1 aromatic heterocycles. The number of benzene rings is 11. The zero-order valence-corrected chi connectivity index (χ0v) is 39.7. The number of para-hydroxylation sites is 1. The van der Waals surface area contributed by atoms with Crippen LogP contribution in [0.2, 0.25) is 0 Å². The van der Waals surface area contributed by atoms with Crippen LogP contribution in [0.4, 0.5) is 0 Å². The third-order valence-corrected chi connectivity index (χ3v) is 23.1. The van der Waals surface area contributed by atoms with E-state index in [-0.39, 0.29) is 52.0 Å². The fraction of sp³-hybridized carbons (Fsp3) is 0. The highest BCUT2D eigenvalue weighted by Gasteiger charge is 2.44. The molecule has 3 heteroatoms. The van der Waals surface area contributed by atoms with Crippen LogP contribution in [-0.4, -0.2) is 20.7 Å². The molecule has 0 aliphatic rings. The number of hydrogen-bond donors (Lipinski definition) is 0. The number of hydrogen-bond acceptors (Lipinski definition) is 0. The van der Waals surface area contributed by atoms with Crippen molar-refractivity contribution in [2.75, 3.05) is 0 Å². The van der Waals surface area contributed by atoms with Crippen molar-refractivity contribution in [3.63, 3.8) is 0 Å². The van der Waals surface area contributed by atoms with Gasteiger partial charge in [-0.3, -0.25) is 0 Å². The van der Waals surface area contributed by atoms with E-state index in [0.717, 1.165) is 43.0 Å². The predicted octanol–water partition coefficient (Wildman–Crippen LogP) is 10.9. The molecule has 0 unspecified atom stereocenters. The summed E-state index contributed by atoms with van der Waals surface area (Å²) in [6, 6.07) is 85.0. The van der Waals surface area contributed by atoms with Crippen molar-refractivity contribution in [3.05, 3.63) is 297 Å². The molecule has 11 aromatic carbocycles. The van der Waals surface area contributed by atoms with Gasteiger partial charge in [-0.2, -0.15) is 0 Å². The van der Waals surface area contributed by atoms with E-state index in [1.165, 1.54) is 15.6 Å². The highest BCUT2D eigenvalue weighted by Crippen LogP contribution is 2.41. The minimum Gasteiger partial charge on any atom is -0.308 e. The van der Waals surface area contributed by atoms with Gasteiger partial charge in [0.1, 0.15) is 0 Å². The average molecular weight is 919 g/mol. The zero-order chi connectivity index (χ0) is 52.1. The smallest absolute Gasteiger partial charge is 0.179 e. The first-order valence-corrected chi connectivity index (χ1v) is 27.4. The van der Waals surface area contributed by atoms with Gasteiger partial charge in [-0.1, -0.05) is 285 Å². The maximum absolute atomic E-state index is 10.8. The lowest BCUT2D eigenvalue weighted by molar-refractivity contribution is 1.18. The Kier molecular flexibility index (Phi) is 9.12. The van der Waals surface area contributed by atoms with Crippen molar-refractivity contribution >= 4 is 79.4 Å². The highest BCUT2D eigenvalue weighted by molar-refractivity contribution is 7.20. The fourth-order valence-corrected chi connectivity index (χ4v) is 20.1. The first-order chi connectivity index (χ1) is 37.2. The van der Waals surface area contributed by atoms with Gasteiger partial charge in [0, 0.05) is 21.9 Å². The third kappa shape index (κ3) is 7.05. The van der Waals surface area contributed by atoms with E-state index < -0.39 is 28.2 Å². The van der Waals surface area contributed by atoms with E-state index in [4.69, 9.17) is 0 Å². The number of rotatable bonds is 11. The topological polar surface area (TPSA) is 4.93 Å². The Morgan fingerprint density at radius 2 is 0.609 bits per heavy atom. The van der Waals surface area contributed by atoms with Crippen molar-refractivity contribution < 1.29 is 9.60 Å². The predicted molar refractivity (Wildman–Crippen MR) is 299 cm³/mol. The number of fused-ring (bicyclic) bond motifs is 3. The Labute approximate surface area is 416 Å². The maximum Gasteiger partial charge on any atom is 0.179 e. The van der Waals surface area contributed by atoms with Gasteiger partial charge < -0.3 is 4.57 Å². The molecule has 0 spiro atoms. The molecular weight excluding hydrogens is 863 g/mol. The fourth-order valence-electron chi connectivity index (χ4n) is 10.8. The average Bonchev–Trinajstić information content (AvgIpc) is 3.90. The molecule has 69 heavy (non-hydrogen) atoms. The van der Waals surface area contributed by atoms with Crippen LogP contribution >= 0.6 is 0 Å². The van der Waals surface area contributed by atoms with Gasteiger partial charge in [0.2, 0.25) is 0 Å². The van der Waals surface area contributed by atoms with Gasteiger partial charge in [0.25, 0.3) is 0 Å². The van der Waals surface area contributed by atoms with Crippen LogP contribution in [0.1, 0.15) is 9.60 Å². The summed E-state index contributed by atoms with van der Waals surface area (Å²) in [5.41, 5.74) is 4.06. The minimum absolute atomic E-state index is 0.0456. The summed E-state index contributed by atoms with van der Waals surface area (Å²) in [6.45, 7) is 0. The Morgan fingerprint density at radius 3 is 0.986 bits per heavy atom. The van der Waals surface area contributed by atoms with Crippen molar-refractivity contribution in [2.45, 2.75) is 0 Å². The third-order valence-electron chi connectivity index (χ3n) is 13.7. The molecule has 1 heterocycles. The molecule has 0 bridgehead atoms. The summed E-state index contributed by atoms with van der Waals surface area (Å²) in [5, 5.41) is 8.01. The molecule has 0 aliphatic heterocycles. The van der Waals surface area contributed by atoms with E-state index in [0.29, 0.717) is 10.9 Å². The van der Waals surface area contributed by atoms with E-state index >= 15 is 0 Å². The summed E-state index contributed by atoms with van der Waals surface area (Å²) in [7, 11) is -6.95. The van der Waals surface area contributed by atoms with Crippen molar-refractivity contribution in [3.8, 4) is 27.9 Å². The van der Waals surface area contributed by atoms with Gasteiger partial charge in [0.05, 0.1) is 26.3 Å². The van der Waals surface area contributed by atoms with Crippen LogP contribution in [0.3, 0.4) is 0 Å². The summed E-state index contributed by atoms with van der Waals surface area (Å²) >= 11 is 0. The normalized spacial score (nSPS) is 13.2. The molecule has 0 fully saturated rings. The second-order valence-corrected chi connectivity index (χ2v) is 24.9. The van der Waals surface area contributed by atoms with Crippen molar-refractivity contribution in [1.29, 1.82) is 0 Å². The molecule has 1 nitrogen and oxygen atoms in total. The largest absolute Gasteiger partial charge is 0.308 e. The highest BCUT2D eigenvalue weighted by atomic mass is 28.3. The van der Waals surface area contributed by atoms with E-state index in [2.05, 4.69) is 146 Å². The molecule has 0 aliphatic carbocycles. The summed E-state index contributed by atoms with van der Waals surface area (Å²) in [6.07, 6.45) is 0. The lowest BCUT2D eigenvalue weighted by Crippen LogP contribution is -2.74.